The minimum Gasteiger partial charge on any atom is -0.380 e. The molecule has 1 fully saturated rings. The lowest BCUT2D eigenvalue weighted by Crippen LogP contribution is -2.57. The Bertz CT molecular complexity index is 451. The minimum absolute atomic E-state index is 0.225. The van der Waals surface area contributed by atoms with E-state index in [9.17, 15) is 0 Å². The van der Waals surface area contributed by atoms with Gasteiger partial charge in [0.2, 0.25) is 0 Å². The van der Waals surface area contributed by atoms with Crippen LogP contribution in [0.2, 0.25) is 5.02 Å². The zero-order valence-electron chi connectivity index (χ0n) is 14.1. The van der Waals surface area contributed by atoms with Crippen molar-refractivity contribution in [3.05, 3.63) is 34.9 Å². The molecule has 0 amide bonds. The van der Waals surface area contributed by atoms with E-state index < -0.39 is 0 Å². The van der Waals surface area contributed by atoms with Gasteiger partial charge in [-0.2, -0.15) is 0 Å². The van der Waals surface area contributed by atoms with E-state index in [0.717, 1.165) is 31.0 Å². The van der Waals surface area contributed by atoms with Crippen molar-refractivity contribution < 1.29 is 9.47 Å². The molecule has 4 atom stereocenters. The van der Waals surface area contributed by atoms with Gasteiger partial charge < -0.3 is 9.47 Å². The molecular formula is C18H28ClNO2. The fourth-order valence-corrected chi connectivity index (χ4v) is 3.46. The molecule has 1 saturated heterocycles. The van der Waals surface area contributed by atoms with Gasteiger partial charge in [0.25, 0.3) is 0 Å². The Morgan fingerprint density at radius 3 is 2.64 bits per heavy atom. The van der Waals surface area contributed by atoms with Crippen molar-refractivity contribution >= 4 is 11.6 Å². The molecule has 0 saturated carbocycles. The van der Waals surface area contributed by atoms with Gasteiger partial charge in [-0.05, 0) is 44.4 Å². The van der Waals surface area contributed by atoms with E-state index in [1.165, 1.54) is 5.56 Å². The Morgan fingerprint density at radius 2 is 2.05 bits per heavy atom. The SMILES string of the molecule is CCC(C(C)OC)N1CC(C)OCC1Cc1ccc(Cl)cc1. The number of methoxy groups -OCH3 is 1. The van der Waals surface area contributed by atoms with Gasteiger partial charge in [0.15, 0.2) is 0 Å². The fourth-order valence-electron chi connectivity index (χ4n) is 3.34. The van der Waals surface area contributed by atoms with Crippen LogP contribution in [0.25, 0.3) is 0 Å². The molecule has 1 aromatic carbocycles. The minimum atomic E-state index is 0.225. The topological polar surface area (TPSA) is 21.7 Å². The Morgan fingerprint density at radius 1 is 1.36 bits per heavy atom. The molecule has 22 heavy (non-hydrogen) atoms. The second kappa shape index (κ2) is 8.30. The van der Waals surface area contributed by atoms with E-state index in [0.29, 0.717) is 12.1 Å². The molecule has 0 aromatic heterocycles. The third kappa shape index (κ3) is 4.45. The number of hydrogen-bond acceptors (Lipinski definition) is 3. The molecule has 3 nitrogen and oxygen atoms in total. The van der Waals surface area contributed by atoms with Crippen LogP contribution in [0, 0.1) is 0 Å². The Hall–Kier alpha value is -0.610. The average Bonchev–Trinajstić information content (AvgIpc) is 2.52. The molecule has 0 spiro atoms. The Kier molecular flexibility index (Phi) is 6.69. The second-order valence-electron chi connectivity index (χ2n) is 6.24. The maximum Gasteiger partial charge on any atom is 0.0698 e. The molecule has 0 bridgehead atoms. The summed E-state index contributed by atoms with van der Waals surface area (Å²) in [6.07, 6.45) is 2.57. The van der Waals surface area contributed by atoms with Crippen LogP contribution in [0.1, 0.15) is 32.8 Å². The van der Waals surface area contributed by atoms with Crippen LogP contribution in [0.3, 0.4) is 0 Å². The second-order valence-corrected chi connectivity index (χ2v) is 6.68. The lowest BCUT2D eigenvalue weighted by molar-refractivity contribution is -0.0951. The van der Waals surface area contributed by atoms with E-state index >= 15 is 0 Å². The third-order valence-electron chi connectivity index (χ3n) is 4.65. The lowest BCUT2D eigenvalue weighted by Gasteiger charge is -2.45. The number of morpholine rings is 1. The molecule has 0 radical (unpaired) electrons. The number of rotatable bonds is 6. The van der Waals surface area contributed by atoms with Crippen LogP contribution in [0.15, 0.2) is 24.3 Å². The quantitative estimate of drug-likeness (QED) is 0.794. The van der Waals surface area contributed by atoms with Gasteiger partial charge in [-0.3, -0.25) is 4.90 Å². The van der Waals surface area contributed by atoms with E-state index in [1.807, 2.05) is 12.1 Å². The summed E-state index contributed by atoms with van der Waals surface area (Å²) in [5.41, 5.74) is 1.30. The van der Waals surface area contributed by atoms with Gasteiger partial charge in [0, 0.05) is 30.8 Å². The summed E-state index contributed by atoms with van der Waals surface area (Å²) in [6.45, 7) is 8.28. The summed E-state index contributed by atoms with van der Waals surface area (Å²) in [5, 5.41) is 0.786. The first kappa shape index (κ1) is 17.7. The highest BCUT2D eigenvalue weighted by molar-refractivity contribution is 6.30. The van der Waals surface area contributed by atoms with Crippen molar-refractivity contribution in [3.63, 3.8) is 0 Å². The molecule has 1 aliphatic rings. The Balaban J connectivity index is 2.13. The van der Waals surface area contributed by atoms with Crippen molar-refractivity contribution in [2.45, 2.75) is 57.9 Å². The van der Waals surface area contributed by atoms with Crippen LogP contribution in [0.5, 0.6) is 0 Å². The number of hydrogen-bond donors (Lipinski definition) is 0. The van der Waals surface area contributed by atoms with E-state index in [4.69, 9.17) is 21.1 Å². The van der Waals surface area contributed by atoms with Gasteiger partial charge in [-0.15, -0.1) is 0 Å². The van der Waals surface area contributed by atoms with Gasteiger partial charge >= 0.3 is 0 Å². The highest BCUT2D eigenvalue weighted by Crippen LogP contribution is 2.23. The smallest absolute Gasteiger partial charge is 0.0698 e. The third-order valence-corrected chi connectivity index (χ3v) is 4.90. The molecular weight excluding hydrogens is 298 g/mol. The van der Waals surface area contributed by atoms with Crippen LogP contribution in [-0.2, 0) is 15.9 Å². The summed E-state index contributed by atoms with van der Waals surface area (Å²) >= 11 is 5.98. The molecule has 4 unspecified atom stereocenters. The summed E-state index contributed by atoms with van der Waals surface area (Å²) in [7, 11) is 1.80. The summed E-state index contributed by atoms with van der Waals surface area (Å²) in [6, 6.07) is 8.96. The van der Waals surface area contributed by atoms with Crippen LogP contribution < -0.4 is 0 Å². The van der Waals surface area contributed by atoms with E-state index in [-0.39, 0.29) is 12.2 Å². The average molecular weight is 326 g/mol. The molecule has 0 N–H and O–H groups in total. The van der Waals surface area contributed by atoms with Crippen molar-refractivity contribution in [1.82, 2.24) is 4.90 Å². The van der Waals surface area contributed by atoms with Gasteiger partial charge in [0.1, 0.15) is 0 Å². The lowest BCUT2D eigenvalue weighted by atomic mass is 9.98. The maximum absolute atomic E-state index is 5.98. The van der Waals surface area contributed by atoms with E-state index in [1.54, 1.807) is 7.11 Å². The summed E-state index contributed by atoms with van der Waals surface area (Å²) in [4.78, 5) is 2.58. The number of nitrogens with zero attached hydrogens (tertiary/aromatic N) is 1. The van der Waals surface area contributed by atoms with Crippen LogP contribution in [0.4, 0.5) is 0 Å². The monoisotopic (exact) mass is 325 g/mol. The zero-order valence-corrected chi connectivity index (χ0v) is 14.8. The first-order valence-electron chi connectivity index (χ1n) is 8.19. The standard InChI is InChI=1S/C18H28ClNO2/c1-5-18(14(3)21-4)20-11-13(2)22-12-17(20)10-15-6-8-16(19)9-7-15/h6-9,13-14,17-18H,5,10-12H2,1-4H3. The molecule has 124 valence electrons. The summed E-state index contributed by atoms with van der Waals surface area (Å²) in [5.74, 6) is 0. The van der Waals surface area contributed by atoms with Crippen LogP contribution in [-0.4, -0.2) is 49.5 Å². The maximum atomic E-state index is 5.98. The molecule has 0 aliphatic carbocycles. The first-order chi connectivity index (χ1) is 10.5. The van der Waals surface area contributed by atoms with Gasteiger partial charge in [-0.1, -0.05) is 30.7 Å². The van der Waals surface area contributed by atoms with E-state index in [2.05, 4.69) is 37.8 Å². The molecule has 1 aliphatic heterocycles. The number of benzene rings is 1. The van der Waals surface area contributed by atoms with Gasteiger partial charge in [0.05, 0.1) is 18.8 Å². The molecule has 1 aromatic rings. The Labute approximate surface area is 139 Å². The largest absolute Gasteiger partial charge is 0.380 e. The molecule has 4 heteroatoms. The fraction of sp³-hybridized carbons (Fsp3) is 0.667. The normalized spacial score (nSPS) is 25.9. The van der Waals surface area contributed by atoms with Crippen molar-refractivity contribution in [2.75, 3.05) is 20.3 Å². The van der Waals surface area contributed by atoms with Crippen molar-refractivity contribution in [3.8, 4) is 0 Å². The first-order valence-corrected chi connectivity index (χ1v) is 8.57. The summed E-state index contributed by atoms with van der Waals surface area (Å²) < 4.78 is 11.5. The number of ether oxygens (including phenoxy) is 2. The zero-order chi connectivity index (χ0) is 16.1. The predicted molar refractivity (Wildman–Crippen MR) is 91.6 cm³/mol. The van der Waals surface area contributed by atoms with Crippen LogP contribution >= 0.6 is 11.6 Å². The molecule has 2 rings (SSSR count). The highest BCUT2D eigenvalue weighted by Gasteiger charge is 2.34. The number of halogens is 1. The van der Waals surface area contributed by atoms with Gasteiger partial charge in [-0.25, -0.2) is 0 Å². The van der Waals surface area contributed by atoms with Crippen molar-refractivity contribution in [2.24, 2.45) is 0 Å². The molecule has 1 heterocycles. The predicted octanol–water partition coefficient (Wildman–Crippen LogP) is 3.79. The van der Waals surface area contributed by atoms with Crippen molar-refractivity contribution in [1.29, 1.82) is 0 Å². The highest BCUT2D eigenvalue weighted by atomic mass is 35.5.